The number of anilines is 1. The second kappa shape index (κ2) is 9.13. The molecule has 2 unspecified atom stereocenters. The molecule has 2 aromatic rings. The standard InChI is InChI=1S/C19H25N5O3S/c1-14-11-21-10-8-18(14)24-28(26,27)17-6-4-16(5-7-17)23-19(25)22-13-15-3-2-9-20-12-15/h2-7,9,12,14,18,21,24H,8,10-11,13H2,1H3,(H2,22,23,25). The summed E-state index contributed by atoms with van der Waals surface area (Å²) in [5.41, 5.74) is 1.40. The van der Waals surface area contributed by atoms with E-state index in [-0.39, 0.29) is 22.9 Å². The fourth-order valence-electron chi connectivity index (χ4n) is 3.03. The van der Waals surface area contributed by atoms with Crippen LogP contribution in [0.4, 0.5) is 10.5 Å². The summed E-state index contributed by atoms with van der Waals surface area (Å²) in [4.78, 5) is 16.2. The average Bonchev–Trinajstić information content (AvgIpc) is 2.69. The van der Waals surface area contributed by atoms with E-state index in [9.17, 15) is 13.2 Å². The van der Waals surface area contributed by atoms with E-state index < -0.39 is 10.0 Å². The molecule has 2 amide bonds. The number of nitrogens with zero attached hydrogens (tertiary/aromatic N) is 1. The highest BCUT2D eigenvalue weighted by atomic mass is 32.2. The molecule has 1 aromatic heterocycles. The van der Waals surface area contributed by atoms with Crippen LogP contribution >= 0.6 is 0 Å². The summed E-state index contributed by atoms with van der Waals surface area (Å²) >= 11 is 0. The molecule has 28 heavy (non-hydrogen) atoms. The molecule has 1 saturated heterocycles. The first-order chi connectivity index (χ1) is 13.4. The van der Waals surface area contributed by atoms with Gasteiger partial charge in [-0.2, -0.15) is 0 Å². The van der Waals surface area contributed by atoms with Gasteiger partial charge in [-0.25, -0.2) is 17.9 Å². The van der Waals surface area contributed by atoms with Gasteiger partial charge in [-0.15, -0.1) is 0 Å². The molecular weight excluding hydrogens is 378 g/mol. The zero-order valence-electron chi connectivity index (χ0n) is 15.7. The Hall–Kier alpha value is -2.49. The molecule has 4 N–H and O–H groups in total. The van der Waals surface area contributed by atoms with Crippen LogP contribution in [-0.2, 0) is 16.6 Å². The van der Waals surface area contributed by atoms with Crippen LogP contribution in [0.15, 0.2) is 53.7 Å². The number of carbonyl (C=O) groups excluding carboxylic acids is 1. The molecule has 2 heterocycles. The van der Waals surface area contributed by atoms with Crippen molar-refractivity contribution in [2.45, 2.75) is 30.8 Å². The number of urea groups is 1. The van der Waals surface area contributed by atoms with Crippen molar-refractivity contribution < 1.29 is 13.2 Å². The fraction of sp³-hybridized carbons (Fsp3) is 0.368. The quantitative estimate of drug-likeness (QED) is 0.586. The van der Waals surface area contributed by atoms with Crippen LogP contribution in [0.1, 0.15) is 18.9 Å². The van der Waals surface area contributed by atoms with Gasteiger partial charge >= 0.3 is 6.03 Å². The third-order valence-electron chi connectivity index (χ3n) is 4.69. The zero-order valence-corrected chi connectivity index (χ0v) is 16.5. The number of hydrogen-bond acceptors (Lipinski definition) is 5. The van der Waals surface area contributed by atoms with Crippen molar-refractivity contribution >= 4 is 21.7 Å². The number of amides is 2. The molecule has 8 nitrogen and oxygen atoms in total. The largest absolute Gasteiger partial charge is 0.334 e. The van der Waals surface area contributed by atoms with Gasteiger partial charge in [0.2, 0.25) is 10.0 Å². The minimum atomic E-state index is -3.60. The van der Waals surface area contributed by atoms with Gasteiger partial charge in [-0.1, -0.05) is 13.0 Å². The Morgan fingerprint density at radius 2 is 2.04 bits per heavy atom. The monoisotopic (exact) mass is 403 g/mol. The maximum Gasteiger partial charge on any atom is 0.319 e. The normalized spacial score (nSPS) is 19.8. The number of piperidine rings is 1. The van der Waals surface area contributed by atoms with Gasteiger partial charge in [-0.3, -0.25) is 4.98 Å². The minimum Gasteiger partial charge on any atom is -0.334 e. The van der Waals surface area contributed by atoms with Gasteiger partial charge in [0, 0.05) is 30.7 Å². The predicted octanol–water partition coefficient (Wildman–Crippen LogP) is 1.68. The van der Waals surface area contributed by atoms with E-state index in [1.165, 1.54) is 12.1 Å². The molecule has 1 aliphatic heterocycles. The molecule has 3 rings (SSSR count). The van der Waals surface area contributed by atoms with Gasteiger partial charge in [0.1, 0.15) is 0 Å². The Morgan fingerprint density at radius 3 is 2.71 bits per heavy atom. The smallest absolute Gasteiger partial charge is 0.319 e. The van der Waals surface area contributed by atoms with Gasteiger partial charge in [0.05, 0.1) is 4.90 Å². The Labute approximate surface area is 165 Å². The van der Waals surface area contributed by atoms with E-state index in [2.05, 4.69) is 25.7 Å². The van der Waals surface area contributed by atoms with Crippen LogP contribution in [-0.4, -0.2) is 38.6 Å². The second-order valence-corrected chi connectivity index (χ2v) is 8.61. The molecule has 0 saturated carbocycles. The lowest BCUT2D eigenvalue weighted by Crippen LogP contribution is -2.48. The molecular formula is C19H25N5O3S. The van der Waals surface area contributed by atoms with Gasteiger partial charge in [0.15, 0.2) is 0 Å². The highest BCUT2D eigenvalue weighted by molar-refractivity contribution is 7.89. The maximum absolute atomic E-state index is 12.6. The second-order valence-electron chi connectivity index (χ2n) is 6.89. The molecule has 0 bridgehead atoms. The lowest BCUT2D eigenvalue weighted by molar-refractivity contribution is 0.251. The highest BCUT2D eigenvalue weighted by Crippen LogP contribution is 2.17. The maximum atomic E-state index is 12.6. The average molecular weight is 404 g/mol. The third-order valence-corrected chi connectivity index (χ3v) is 6.20. The number of sulfonamides is 1. The summed E-state index contributed by atoms with van der Waals surface area (Å²) in [5.74, 6) is 0.230. The summed E-state index contributed by atoms with van der Waals surface area (Å²) in [6, 6.07) is 9.34. The first-order valence-corrected chi connectivity index (χ1v) is 10.7. The van der Waals surface area contributed by atoms with E-state index in [1.807, 2.05) is 13.0 Å². The van der Waals surface area contributed by atoms with E-state index in [0.717, 1.165) is 25.1 Å². The molecule has 1 aromatic carbocycles. The number of hydrogen-bond donors (Lipinski definition) is 4. The fourth-order valence-corrected chi connectivity index (χ4v) is 4.41. The zero-order chi connectivity index (χ0) is 20.0. The Bertz CT molecular complexity index is 888. The molecule has 0 radical (unpaired) electrons. The molecule has 0 aliphatic carbocycles. The number of rotatable bonds is 6. The lowest BCUT2D eigenvalue weighted by atomic mass is 9.97. The van der Waals surface area contributed by atoms with E-state index in [1.54, 1.807) is 30.6 Å². The Morgan fingerprint density at radius 1 is 1.25 bits per heavy atom. The van der Waals surface area contributed by atoms with Crippen molar-refractivity contribution in [3.05, 3.63) is 54.4 Å². The van der Waals surface area contributed by atoms with Gasteiger partial charge < -0.3 is 16.0 Å². The molecule has 9 heteroatoms. The van der Waals surface area contributed by atoms with E-state index >= 15 is 0 Å². The number of nitrogens with one attached hydrogen (secondary N) is 4. The first-order valence-electron chi connectivity index (χ1n) is 9.21. The van der Waals surface area contributed by atoms with Gasteiger partial charge in [-0.05, 0) is 61.3 Å². The van der Waals surface area contributed by atoms with Crippen molar-refractivity contribution in [2.75, 3.05) is 18.4 Å². The SMILES string of the molecule is CC1CNCCC1NS(=O)(=O)c1ccc(NC(=O)NCc2cccnc2)cc1. The van der Waals surface area contributed by atoms with Crippen molar-refractivity contribution in [1.29, 1.82) is 0 Å². The number of aromatic nitrogens is 1. The first kappa shape index (κ1) is 20.2. The Kier molecular flexibility index (Phi) is 6.61. The van der Waals surface area contributed by atoms with E-state index in [4.69, 9.17) is 0 Å². The lowest BCUT2D eigenvalue weighted by Gasteiger charge is -2.29. The van der Waals surface area contributed by atoms with Crippen molar-refractivity contribution in [3.8, 4) is 0 Å². The van der Waals surface area contributed by atoms with Crippen molar-refractivity contribution in [3.63, 3.8) is 0 Å². The van der Waals surface area contributed by atoms with Crippen molar-refractivity contribution in [1.82, 2.24) is 20.3 Å². The third kappa shape index (κ3) is 5.51. The van der Waals surface area contributed by atoms with Crippen LogP contribution in [0, 0.1) is 5.92 Å². The molecule has 1 aliphatic rings. The summed E-state index contributed by atoms with van der Waals surface area (Å²) in [7, 11) is -3.60. The van der Waals surface area contributed by atoms with Crippen LogP contribution in [0.25, 0.3) is 0 Å². The number of carbonyl (C=O) groups is 1. The number of benzene rings is 1. The topological polar surface area (TPSA) is 112 Å². The minimum absolute atomic E-state index is 0.0812. The molecule has 0 spiro atoms. The molecule has 1 fully saturated rings. The van der Waals surface area contributed by atoms with Crippen LogP contribution in [0.5, 0.6) is 0 Å². The van der Waals surface area contributed by atoms with Crippen molar-refractivity contribution in [2.24, 2.45) is 5.92 Å². The summed E-state index contributed by atoms with van der Waals surface area (Å²) in [5, 5.41) is 8.66. The van der Waals surface area contributed by atoms with Gasteiger partial charge in [0.25, 0.3) is 0 Å². The summed E-state index contributed by atoms with van der Waals surface area (Å²) in [6.07, 6.45) is 4.10. The number of pyridine rings is 1. The van der Waals surface area contributed by atoms with Crippen LogP contribution in [0.3, 0.4) is 0 Å². The Balaban J connectivity index is 1.55. The summed E-state index contributed by atoms with van der Waals surface area (Å²) < 4.78 is 28.0. The molecule has 150 valence electrons. The van der Waals surface area contributed by atoms with Crippen LogP contribution in [0.2, 0.25) is 0 Å². The van der Waals surface area contributed by atoms with Crippen LogP contribution < -0.4 is 20.7 Å². The molecule has 2 atom stereocenters. The van der Waals surface area contributed by atoms with E-state index in [0.29, 0.717) is 12.2 Å². The highest BCUT2D eigenvalue weighted by Gasteiger charge is 2.26. The predicted molar refractivity (Wildman–Crippen MR) is 107 cm³/mol. The summed E-state index contributed by atoms with van der Waals surface area (Å²) in [6.45, 7) is 3.97.